The summed E-state index contributed by atoms with van der Waals surface area (Å²) in [4.78, 5) is 14.0. The summed E-state index contributed by atoms with van der Waals surface area (Å²) < 4.78 is 38.7. The molecular formula is C17H21ClF3N4O2S+. The van der Waals surface area contributed by atoms with Gasteiger partial charge in [-0.05, 0) is 25.2 Å². The van der Waals surface area contributed by atoms with E-state index in [0.717, 1.165) is 4.73 Å². The van der Waals surface area contributed by atoms with Crippen LogP contribution in [0, 0.1) is 0 Å². The SMILES string of the molecule is CCN(C(=O)CCSCCCC(F)(F)F)c1cn(-c2ccc[n+](O)c2)nc1Cl. The van der Waals surface area contributed by atoms with Crippen molar-refractivity contribution in [2.75, 3.05) is 23.0 Å². The Hall–Kier alpha value is -1.94. The Morgan fingerprint density at radius 2 is 2.18 bits per heavy atom. The molecule has 0 radical (unpaired) electrons. The highest BCUT2D eigenvalue weighted by atomic mass is 35.5. The summed E-state index contributed by atoms with van der Waals surface area (Å²) in [5, 5.41) is 13.8. The number of pyridine rings is 1. The van der Waals surface area contributed by atoms with E-state index >= 15 is 0 Å². The molecule has 1 amide bonds. The quantitative estimate of drug-likeness (QED) is 0.367. The first-order valence-corrected chi connectivity index (χ1v) is 10.2. The van der Waals surface area contributed by atoms with E-state index in [1.807, 2.05) is 0 Å². The molecule has 0 unspecified atom stereocenters. The van der Waals surface area contributed by atoms with Gasteiger partial charge >= 0.3 is 6.18 Å². The molecule has 6 nitrogen and oxygen atoms in total. The maximum atomic E-state index is 12.5. The zero-order valence-corrected chi connectivity index (χ0v) is 16.8. The van der Waals surface area contributed by atoms with E-state index in [9.17, 15) is 23.2 Å². The summed E-state index contributed by atoms with van der Waals surface area (Å²) in [6.45, 7) is 2.17. The van der Waals surface area contributed by atoms with E-state index < -0.39 is 12.6 Å². The number of amides is 1. The molecule has 0 bridgehead atoms. The first kappa shape index (κ1) is 22.4. The molecule has 2 aromatic rings. The Bertz CT molecular complexity index is 801. The molecule has 154 valence electrons. The van der Waals surface area contributed by atoms with Gasteiger partial charge in [0.25, 0.3) is 0 Å². The van der Waals surface area contributed by atoms with E-state index in [1.54, 1.807) is 25.3 Å². The van der Waals surface area contributed by atoms with Gasteiger partial charge in [-0.1, -0.05) is 11.6 Å². The number of rotatable bonds is 9. The van der Waals surface area contributed by atoms with Gasteiger partial charge in [0.05, 0.1) is 6.20 Å². The Morgan fingerprint density at radius 1 is 1.43 bits per heavy atom. The average Bonchev–Trinajstić information content (AvgIpc) is 2.99. The van der Waals surface area contributed by atoms with Crippen LogP contribution in [-0.4, -0.2) is 45.1 Å². The molecule has 11 heteroatoms. The van der Waals surface area contributed by atoms with E-state index in [-0.39, 0.29) is 23.9 Å². The molecule has 0 aliphatic heterocycles. The lowest BCUT2D eigenvalue weighted by Gasteiger charge is -2.19. The molecule has 2 aromatic heterocycles. The van der Waals surface area contributed by atoms with Crippen molar-refractivity contribution in [3.05, 3.63) is 35.9 Å². The standard InChI is InChI=1S/C17H21ClF3N4O2S/c1-2-24(15(26)6-10-28-9-4-7-17(19,20)21)14-12-25(22-16(14)18)13-5-3-8-23(27)11-13/h3,5,8,11-12,27H,2,4,6-7,9-10H2,1H3/q+1. The van der Waals surface area contributed by atoms with Crippen molar-refractivity contribution in [1.29, 1.82) is 0 Å². The highest BCUT2D eigenvalue weighted by molar-refractivity contribution is 7.99. The van der Waals surface area contributed by atoms with Crippen LogP contribution in [0.2, 0.25) is 5.15 Å². The van der Waals surface area contributed by atoms with Gasteiger partial charge in [0.1, 0.15) is 11.4 Å². The molecule has 0 aromatic carbocycles. The summed E-state index contributed by atoms with van der Waals surface area (Å²) in [6, 6.07) is 3.35. The van der Waals surface area contributed by atoms with Crippen molar-refractivity contribution in [3.63, 3.8) is 0 Å². The van der Waals surface area contributed by atoms with Crippen molar-refractivity contribution in [3.8, 4) is 5.69 Å². The van der Waals surface area contributed by atoms with Crippen LogP contribution in [0.3, 0.4) is 0 Å². The average molecular weight is 438 g/mol. The number of alkyl halides is 3. The number of carbonyl (C=O) groups excluding carboxylic acids is 1. The summed E-state index contributed by atoms with van der Waals surface area (Å²) >= 11 is 7.51. The predicted molar refractivity (Wildman–Crippen MR) is 101 cm³/mol. The number of hydrogen-bond donors (Lipinski definition) is 1. The molecule has 2 rings (SSSR count). The van der Waals surface area contributed by atoms with Gasteiger partial charge in [-0.3, -0.25) is 10.0 Å². The Kier molecular flexibility index (Phi) is 7.99. The first-order chi connectivity index (χ1) is 13.2. The van der Waals surface area contributed by atoms with Crippen molar-refractivity contribution in [2.45, 2.75) is 32.4 Å². The maximum Gasteiger partial charge on any atom is 0.389 e. The van der Waals surface area contributed by atoms with Crippen molar-refractivity contribution < 1.29 is 27.9 Å². The summed E-state index contributed by atoms with van der Waals surface area (Å²) in [5.74, 6) is 0.604. The normalized spacial score (nSPS) is 11.6. The molecule has 1 N–H and O–H groups in total. The number of thioether (sulfide) groups is 1. The van der Waals surface area contributed by atoms with Crippen molar-refractivity contribution >= 4 is 35.0 Å². The number of carbonyl (C=O) groups is 1. The fraction of sp³-hybridized carbons (Fsp3) is 0.471. The predicted octanol–water partition coefficient (Wildman–Crippen LogP) is 3.87. The lowest BCUT2D eigenvalue weighted by atomic mass is 10.3. The second kappa shape index (κ2) is 10.0. The molecule has 0 saturated carbocycles. The topological polar surface area (TPSA) is 62.2 Å². The molecule has 2 heterocycles. The fourth-order valence-corrected chi connectivity index (χ4v) is 3.60. The smallest absolute Gasteiger partial charge is 0.308 e. The number of nitrogens with zero attached hydrogens (tertiary/aromatic N) is 4. The minimum Gasteiger partial charge on any atom is -0.308 e. The lowest BCUT2D eigenvalue weighted by Crippen LogP contribution is -2.31. The van der Waals surface area contributed by atoms with Crippen LogP contribution >= 0.6 is 23.4 Å². The number of aromatic nitrogens is 3. The van der Waals surface area contributed by atoms with E-state index in [2.05, 4.69) is 5.10 Å². The summed E-state index contributed by atoms with van der Waals surface area (Å²) in [7, 11) is 0. The van der Waals surface area contributed by atoms with Gasteiger partial charge in [0.2, 0.25) is 18.3 Å². The summed E-state index contributed by atoms with van der Waals surface area (Å²) in [5.41, 5.74) is 0.992. The van der Waals surface area contributed by atoms with Crippen molar-refractivity contribution in [1.82, 2.24) is 9.78 Å². The van der Waals surface area contributed by atoms with Crippen LogP contribution in [0.15, 0.2) is 30.7 Å². The van der Waals surface area contributed by atoms with Crippen LogP contribution < -0.4 is 9.63 Å². The van der Waals surface area contributed by atoms with Crippen LogP contribution in [0.25, 0.3) is 5.69 Å². The van der Waals surface area contributed by atoms with Crippen LogP contribution in [0.1, 0.15) is 26.2 Å². The zero-order chi connectivity index (χ0) is 20.7. The number of halogens is 4. The van der Waals surface area contributed by atoms with Crippen molar-refractivity contribution in [2.24, 2.45) is 0 Å². The van der Waals surface area contributed by atoms with Gasteiger partial charge in [-0.15, -0.1) is 0 Å². The number of hydrogen-bond acceptors (Lipinski definition) is 4. The third-order valence-corrected chi connectivity index (χ3v) is 5.14. The van der Waals surface area contributed by atoms with Gasteiger partial charge in [0.15, 0.2) is 5.15 Å². The van der Waals surface area contributed by atoms with Gasteiger partial charge in [-0.2, -0.15) is 30.0 Å². The molecule has 0 saturated heterocycles. The molecule has 0 aliphatic carbocycles. The second-order valence-electron chi connectivity index (χ2n) is 5.91. The second-order valence-corrected chi connectivity index (χ2v) is 7.49. The Labute approximate surface area is 169 Å². The fourth-order valence-electron chi connectivity index (χ4n) is 2.50. The Balaban J connectivity index is 1.94. The highest BCUT2D eigenvalue weighted by Crippen LogP contribution is 2.27. The molecule has 0 spiro atoms. The molecular weight excluding hydrogens is 417 g/mol. The largest absolute Gasteiger partial charge is 0.389 e. The molecule has 0 atom stereocenters. The lowest BCUT2D eigenvalue weighted by molar-refractivity contribution is -0.904. The zero-order valence-electron chi connectivity index (χ0n) is 15.2. The molecule has 28 heavy (non-hydrogen) atoms. The highest BCUT2D eigenvalue weighted by Gasteiger charge is 2.26. The van der Waals surface area contributed by atoms with Gasteiger partial charge < -0.3 is 4.90 Å². The van der Waals surface area contributed by atoms with Crippen LogP contribution in [0.4, 0.5) is 18.9 Å². The van der Waals surface area contributed by atoms with E-state index in [0.29, 0.717) is 29.4 Å². The van der Waals surface area contributed by atoms with Gasteiger partial charge in [0, 0.05) is 35.9 Å². The first-order valence-electron chi connectivity index (χ1n) is 8.62. The summed E-state index contributed by atoms with van der Waals surface area (Å²) in [6.07, 6.45) is -0.242. The molecule has 0 fully saturated rings. The number of anilines is 1. The third-order valence-electron chi connectivity index (χ3n) is 3.80. The third kappa shape index (κ3) is 6.59. The van der Waals surface area contributed by atoms with Crippen LogP contribution in [-0.2, 0) is 4.79 Å². The van der Waals surface area contributed by atoms with Crippen LogP contribution in [0.5, 0.6) is 0 Å². The van der Waals surface area contributed by atoms with E-state index in [4.69, 9.17) is 11.6 Å². The maximum absolute atomic E-state index is 12.5. The van der Waals surface area contributed by atoms with E-state index in [1.165, 1.54) is 33.7 Å². The van der Waals surface area contributed by atoms with Gasteiger partial charge in [-0.25, -0.2) is 4.68 Å². The monoisotopic (exact) mass is 437 g/mol. The Morgan fingerprint density at radius 3 is 2.82 bits per heavy atom. The minimum atomic E-state index is -4.14. The minimum absolute atomic E-state index is 0.0420. The molecule has 0 aliphatic rings.